The Morgan fingerprint density at radius 1 is 0.902 bits per heavy atom. The molecule has 61 heavy (non-hydrogen) atoms. The van der Waals surface area contributed by atoms with Gasteiger partial charge in [-0.1, -0.05) is 93.9 Å². The zero-order chi connectivity index (χ0) is 43.9. The summed E-state index contributed by atoms with van der Waals surface area (Å²) < 4.78 is 7.42. The lowest BCUT2D eigenvalue weighted by Gasteiger charge is -2.44. The number of allylic oxidation sites excluding steroid dienone is 1. The summed E-state index contributed by atoms with van der Waals surface area (Å²) >= 11 is 0. The van der Waals surface area contributed by atoms with E-state index in [0.717, 1.165) is 43.9 Å². The molecule has 4 atom stereocenters. The van der Waals surface area contributed by atoms with Crippen LogP contribution < -0.4 is 10.4 Å². The molecule has 0 saturated carbocycles. The van der Waals surface area contributed by atoms with E-state index in [1.54, 1.807) is 6.20 Å². The molecule has 4 N–H and O–H groups in total. The first-order valence-corrected chi connectivity index (χ1v) is 23.3. The fourth-order valence-electron chi connectivity index (χ4n) is 9.61. The van der Waals surface area contributed by atoms with Crippen LogP contribution in [0.1, 0.15) is 88.1 Å². The number of aliphatic carboxylic acids is 1. The standard InChI is InChI=1S/C50H60N2O8Si/c1-33-27-35(28-34(2)47(33)57)29-36(42-21-14-15-25-51-42)23-24-43(54)45-37(30-40-46(41(45)31-53)49(59)52(48(40)58)26-16-8-13-22-44(55)56)32-60-61(50(3,4)5,38-17-9-6-10-18-38)39-19-11-7-12-20-39/h6-7,9-12,14-15,17-21,25,27-29,40-41,43,46,53-54,57H,8,13,16,22-24,26,30-32H2,1-5H3,(H,55,56)/b36-29-/t40-,41+,43-,46-/m1/s1. The van der Waals surface area contributed by atoms with Crippen molar-refractivity contribution in [3.8, 4) is 5.75 Å². The van der Waals surface area contributed by atoms with Crippen LogP contribution in [-0.2, 0) is 18.8 Å². The molecule has 1 aromatic heterocycles. The van der Waals surface area contributed by atoms with E-state index in [4.69, 9.17) is 9.53 Å². The maximum Gasteiger partial charge on any atom is 0.303 e. The van der Waals surface area contributed by atoms with Crippen LogP contribution in [0.15, 0.2) is 108 Å². The van der Waals surface area contributed by atoms with Gasteiger partial charge in [-0.25, -0.2) is 0 Å². The van der Waals surface area contributed by atoms with E-state index in [1.807, 2.05) is 86.7 Å². The highest BCUT2D eigenvalue weighted by atomic mass is 28.4. The second-order valence-corrected chi connectivity index (χ2v) is 21.9. The molecule has 3 aromatic carbocycles. The summed E-state index contributed by atoms with van der Waals surface area (Å²) in [6, 6.07) is 30.0. The molecule has 2 aliphatic rings. The first-order chi connectivity index (χ1) is 29.2. The number of pyridine rings is 1. The van der Waals surface area contributed by atoms with Crippen molar-refractivity contribution in [2.45, 2.75) is 90.7 Å². The number of carboxylic acid groups (broad SMARTS) is 1. The van der Waals surface area contributed by atoms with Crippen molar-refractivity contribution in [1.82, 2.24) is 9.88 Å². The Morgan fingerprint density at radius 2 is 1.52 bits per heavy atom. The average Bonchev–Trinajstić information content (AvgIpc) is 3.48. The van der Waals surface area contributed by atoms with Crippen LogP contribution in [0.2, 0.25) is 5.04 Å². The molecule has 11 heteroatoms. The van der Waals surface area contributed by atoms with Crippen LogP contribution in [-0.4, -0.2) is 82.3 Å². The van der Waals surface area contributed by atoms with Crippen LogP contribution >= 0.6 is 0 Å². The van der Waals surface area contributed by atoms with E-state index in [-0.39, 0.29) is 55.0 Å². The molecule has 1 fully saturated rings. The van der Waals surface area contributed by atoms with Crippen LogP contribution in [0.4, 0.5) is 0 Å². The Morgan fingerprint density at radius 3 is 2.08 bits per heavy atom. The topological polar surface area (TPSA) is 157 Å². The van der Waals surface area contributed by atoms with E-state index < -0.39 is 44.8 Å². The molecule has 0 unspecified atom stereocenters. The molecular formula is C50H60N2O8Si. The number of hydrogen-bond acceptors (Lipinski definition) is 8. The maximum absolute atomic E-state index is 14.3. The number of nitrogens with zero attached hydrogens (tertiary/aromatic N) is 2. The zero-order valence-corrected chi connectivity index (χ0v) is 37.0. The second kappa shape index (κ2) is 19.7. The second-order valence-electron chi connectivity index (χ2n) is 17.6. The number of aromatic hydroxyl groups is 1. The van der Waals surface area contributed by atoms with Gasteiger partial charge < -0.3 is 24.9 Å². The van der Waals surface area contributed by atoms with E-state index in [1.165, 1.54) is 4.90 Å². The van der Waals surface area contributed by atoms with Crippen molar-refractivity contribution in [3.63, 3.8) is 0 Å². The highest BCUT2D eigenvalue weighted by Crippen LogP contribution is 2.47. The van der Waals surface area contributed by atoms with Gasteiger partial charge in [0.2, 0.25) is 11.8 Å². The fourth-order valence-corrected chi connectivity index (χ4v) is 14.2. The van der Waals surface area contributed by atoms with Gasteiger partial charge in [0.05, 0.1) is 36.8 Å². The number of fused-ring (bicyclic) bond motifs is 1. The normalized spacial score (nSPS) is 19.0. The number of aliphatic hydroxyl groups excluding tert-OH is 2. The number of aryl methyl sites for hydroxylation is 2. The largest absolute Gasteiger partial charge is 0.507 e. The monoisotopic (exact) mass is 844 g/mol. The van der Waals surface area contributed by atoms with Gasteiger partial charge in [-0.3, -0.25) is 24.3 Å². The zero-order valence-electron chi connectivity index (χ0n) is 36.0. The molecule has 0 spiro atoms. The number of aromatic nitrogens is 1. The summed E-state index contributed by atoms with van der Waals surface area (Å²) in [5.74, 6) is -3.73. The highest BCUT2D eigenvalue weighted by Gasteiger charge is 2.56. The number of unbranched alkanes of at least 4 members (excludes halogenated alkanes) is 2. The molecule has 1 aliphatic carbocycles. The molecule has 1 aliphatic heterocycles. The van der Waals surface area contributed by atoms with Crippen molar-refractivity contribution in [3.05, 3.63) is 131 Å². The number of imide groups is 1. The smallest absolute Gasteiger partial charge is 0.303 e. The van der Waals surface area contributed by atoms with Crippen molar-refractivity contribution >= 4 is 48.1 Å². The summed E-state index contributed by atoms with van der Waals surface area (Å²) in [5.41, 5.74) is 5.24. The Kier molecular flexibility index (Phi) is 14.6. The van der Waals surface area contributed by atoms with Gasteiger partial charge in [-0.2, -0.15) is 0 Å². The van der Waals surface area contributed by atoms with E-state index >= 15 is 0 Å². The summed E-state index contributed by atoms with van der Waals surface area (Å²) in [4.78, 5) is 45.5. The van der Waals surface area contributed by atoms with Crippen molar-refractivity contribution in [2.24, 2.45) is 17.8 Å². The Balaban J connectivity index is 1.40. The van der Waals surface area contributed by atoms with E-state index in [2.05, 4.69) is 50.0 Å². The highest BCUT2D eigenvalue weighted by molar-refractivity contribution is 6.99. The first-order valence-electron chi connectivity index (χ1n) is 21.4. The molecule has 4 aromatic rings. The summed E-state index contributed by atoms with van der Waals surface area (Å²) in [6.07, 6.45) is 4.96. The Bertz CT molecular complexity index is 2170. The van der Waals surface area contributed by atoms with Gasteiger partial charge in [-0.15, -0.1) is 0 Å². The lowest BCUT2D eigenvalue weighted by Crippen LogP contribution is -2.66. The number of rotatable bonds is 18. The van der Waals surface area contributed by atoms with Gasteiger partial charge in [0.1, 0.15) is 5.75 Å². The van der Waals surface area contributed by atoms with Crippen molar-refractivity contribution < 1.29 is 39.2 Å². The number of phenolic OH excluding ortho intramolecular Hbond substituents is 1. The molecule has 2 heterocycles. The van der Waals surface area contributed by atoms with Gasteiger partial charge in [0, 0.05) is 25.1 Å². The Hall–Kier alpha value is -5.20. The van der Waals surface area contributed by atoms with Crippen LogP contribution in [0, 0.1) is 31.6 Å². The van der Waals surface area contributed by atoms with Crippen LogP contribution in [0.5, 0.6) is 5.75 Å². The number of likely N-dealkylation sites (tertiary alicyclic amines) is 1. The molecular weight excluding hydrogens is 785 g/mol. The minimum absolute atomic E-state index is 0.0189. The number of carbonyl (C=O) groups is 3. The van der Waals surface area contributed by atoms with Crippen LogP contribution in [0.3, 0.4) is 0 Å². The van der Waals surface area contributed by atoms with Gasteiger partial charge in [0.15, 0.2) is 0 Å². The number of carboxylic acids is 1. The third-order valence-corrected chi connectivity index (χ3v) is 17.5. The fraction of sp³-hybridized carbons (Fsp3) is 0.400. The number of benzene rings is 3. The lowest BCUT2D eigenvalue weighted by atomic mass is 9.68. The third kappa shape index (κ3) is 9.81. The molecule has 6 rings (SSSR count). The lowest BCUT2D eigenvalue weighted by molar-refractivity contribution is -0.141. The summed E-state index contributed by atoms with van der Waals surface area (Å²) in [5, 5.41) is 45.1. The summed E-state index contributed by atoms with van der Waals surface area (Å²) in [6.45, 7) is 10.1. The number of aliphatic hydroxyl groups is 2. The van der Waals surface area contributed by atoms with Gasteiger partial charge >= 0.3 is 5.97 Å². The minimum atomic E-state index is -3.10. The molecule has 0 radical (unpaired) electrons. The maximum atomic E-state index is 14.3. The summed E-state index contributed by atoms with van der Waals surface area (Å²) in [7, 11) is -3.10. The van der Waals surface area contributed by atoms with E-state index in [9.17, 15) is 29.7 Å². The van der Waals surface area contributed by atoms with Crippen molar-refractivity contribution in [1.29, 1.82) is 0 Å². The number of phenols is 1. The molecule has 322 valence electrons. The quantitative estimate of drug-likeness (QED) is 0.0352. The molecule has 1 saturated heterocycles. The first kappa shape index (κ1) is 45.3. The molecule has 2 amide bonds. The Labute approximate surface area is 360 Å². The van der Waals surface area contributed by atoms with Crippen molar-refractivity contribution in [2.75, 3.05) is 19.8 Å². The number of amides is 2. The average molecular weight is 845 g/mol. The molecule has 0 bridgehead atoms. The van der Waals surface area contributed by atoms with E-state index in [0.29, 0.717) is 31.3 Å². The predicted octanol–water partition coefficient (Wildman–Crippen LogP) is 7.22. The number of hydrogen-bond donors (Lipinski definition) is 4. The third-order valence-electron chi connectivity index (χ3n) is 12.5. The molecule has 10 nitrogen and oxygen atoms in total. The number of carbonyl (C=O) groups excluding carboxylic acids is 2. The minimum Gasteiger partial charge on any atom is -0.507 e. The van der Waals surface area contributed by atoms with Gasteiger partial charge in [-0.05, 0) is 125 Å². The van der Waals surface area contributed by atoms with Gasteiger partial charge in [0.25, 0.3) is 8.32 Å². The SMILES string of the molecule is Cc1cc(/C=C(/CC[C@@H](O)C2=C(CO[Si](c3ccccc3)(c3ccccc3)C(C)(C)C)C[C@H]3C(=O)N(CCCCCC(=O)O)C(=O)[C@H]3[C@H]2CO)c2ccccn2)cc(C)c1O. The van der Waals surface area contributed by atoms with Crippen LogP contribution in [0.25, 0.3) is 11.6 Å². The predicted molar refractivity (Wildman–Crippen MR) is 241 cm³/mol.